The van der Waals surface area contributed by atoms with Crippen LogP contribution in [-0.4, -0.2) is 26.7 Å². The number of halogens is 3. The molecule has 2 N–H and O–H groups in total. The highest BCUT2D eigenvalue weighted by molar-refractivity contribution is 5.78. The number of methoxy groups -OCH3 is 1. The van der Waals surface area contributed by atoms with Crippen molar-refractivity contribution < 1.29 is 17.9 Å². The number of anilines is 1. The Morgan fingerprint density at radius 1 is 1.23 bits per heavy atom. The van der Waals surface area contributed by atoms with Gasteiger partial charge in [-0.3, -0.25) is 0 Å². The van der Waals surface area contributed by atoms with Gasteiger partial charge in [0.25, 0.3) is 0 Å². The van der Waals surface area contributed by atoms with Crippen LogP contribution in [0.3, 0.4) is 0 Å². The van der Waals surface area contributed by atoms with Crippen molar-refractivity contribution in [2.75, 3.05) is 12.8 Å². The first kappa shape index (κ1) is 14.1. The minimum absolute atomic E-state index is 0.214. The summed E-state index contributed by atoms with van der Waals surface area (Å²) in [5.74, 6) is 0.116. The summed E-state index contributed by atoms with van der Waals surface area (Å²) < 4.78 is 45.6. The molecule has 114 valence electrons. The molecule has 9 heteroatoms. The molecular formula is C13H10F3N5O. The summed E-state index contributed by atoms with van der Waals surface area (Å²) in [5, 5.41) is 3.86. The van der Waals surface area contributed by atoms with Gasteiger partial charge in [0.1, 0.15) is 11.8 Å². The summed E-state index contributed by atoms with van der Waals surface area (Å²) in [6.45, 7) is 0. The number of pyridine rings is 1. The van der Waals surface area contributed by atoms with Crippen LogP contribution in [0.5, 0.6) is 5.88 Å². The van der Waals surface area contributed by atoms with Gasteiger partial charge < -0.3 is 10.5 Å². The third-order valence-electron chi connectivity index (χ3n) is 3.13. The molecule has 6 nitrogen and oxygen atoms in total. The lowest BCUT2D eigenvalue weighted by atomic mass is 10.2. The van der Waals surface area contributed by atoms with Crippen molar-refractivity contribution >= 4 is 11.3 Å². The van der Waals surface area contributed by atoms with Crippen LogP contribution in [0.2, 0.25) is 0 Å². The van der Waals surface area contributed by atoms with Gasteiger partial charge in [-0.25, -0.2) is 14.5 Å². The van der Waals surface area contributed by atoms with Crippen molar-refractivity contribution in [2.24, 2.45) is 0 Å². The molecule has 0 aromatic carbocycles. The third kappa shape index (κ3) is 2.20. The Balaban J connectivity index is 2.28. The summed E-state index contributed by atoms with van der Waals surface area (Å²) in [6, 6.07) is 4.11. The topological polar surface area (TPSA) is 78.3 Å². The Kier molecular flexibility index (Phi) is 3.12. The van der Waals surface area contributed by atoms with Crippen LogP contribution in [0, 0.1) is 0 Å². The Morgan fingerprint density at radius 2 is 2.00 bits per heavy atom. The molecule has 3 heterocycles. The minimum Gasteiger partial charge on any atom is -0.481 e. The Bertz CT molecular complexity index is 826. The Labute approximate surface area is 122 Å². The van der Waals surface area contributed by atoms with Crippen LogP contribution in [0.15, 0.2) is 30.7 Å². The van der Waals surface area contributed by atoms with Crippen LogP contribution < -0.4 is 10.5 Å². The van der Waals surface area contributed by atoms with E-state index in [0.29, 0.717) is 11.4 Å². The molecule has 0 unspecified atom stereocenters. The SMILES string of the molecule is COc1ccc(-c2cc(C(F)(F)F)c3c(N)ncnn23)cn1. The summed E-state index contributed by atoms with van der Waals surface area (Å²) in [7, 11) is 1.45. The fourth-order valence-electron chi connectivity index (χ4n) is 2.14. The van der Waals surface area contributed by atoms with Gasteiger partial charge in [-0.15, -0.1) is 0 Å². The van der Waals surface area contributed by atoms with Gasteiger partial charge in [-0.1, -0.05) is 0 Å². The summed E-state index contributed by atoms with van der Waals surface area (Å²) in [5.41, 5.74) is 5.08. The van der Waals surface area contributed by atoms with Crippen molar-refractivity contribution in [3.05, 3.63) is 36.3 Å². The molecule has 0 bridgehead atoms. The van der Waals surface area contributed by atoms with Crippen molar-refractivity contribution in [1.29, 1.82) is 0 Å². The maximum atomic E-state index is 13.2. The number of nitrogens with two attached hydrogens (primary N) is 1. The lowest BCUT2D eigenvalue weighted by Gasteiger charge is -2.05. The molecule has 0 saturated carbocycles. The highest BCUT2D eigenvalue weighted by atomic mass is 19.4. The number of nitrogens with zero attached hydrogens (tertiary/aromatic N) is 4. The standard InChI is InChI=1S/C13H10F3N5O/c1-22-10-3-2-7(5-18-10)9-4-8(13(14,15)16)11-12(17)19-6-20-21(9)11/h2-6H,1H3,(H2,17,19,20). The fraction of sp³-hybridized carbons (Fsp3) is 0.154. The number of hydrogen-bond donors (Lipinski definition) is 1. The van der Waals surface area contributed by atoms with Gasteiger partial charge in [0.05, 0.1) is 18.4 Å². The second-order valence-electron chi connectivity index (χ2n) is 4.44. The summed E-state index contributed by atoms with van der Waals surface area (Å²) in [4.78, 5) is 7.61. The van der Waals surface area contributed by atoms with E-state index < -0.39 is 11.7 Å². The predicted molar refractivity (Wildman–Crippen MR) is 72.2 cm³/mol. The fourth-order valence-corrected chi connectivity index (χ4v) is 2.14. The van der Waals surface area contributed by atoms with Gasteiger partial charge >= 0.3 is 6.18 Å². The molecular weight excluding hydrogens is 299 g/mol. The van der Waals surface area contributed by atoms with Crippen LogP contribution in [-0.2, 0) is 6.18 Å². The van der Waals surface area contributed by atoms with E-state index in [1.807, 2.05) is 0 Å². The maximum absolute atomic E-state index is 13.2. The average Bonchev–Trinajstić information content (AvgIpc) is 2.88. The zero-order chi connectivity index (χ0) is 15.9. The summed E-state index contributed by atoms with van der Waals surface area (Å²) in [6.07, 6.45) is -2.07. The van der Waals surface area contributed by atoms with Gasteiger partial charge in [0.15, 0.2) is 5.82 Å². The highest BCUT2D eigenvalue weighted by Crippen LogP contribution is 2.38. The second kappa shape index (κ2) is 4.86. The molecule has 0 saturated heterocycles. The van der Waals surface area contributed by atoms with Crippen LogP contribution >= 0.6 is 0 Å². The number of nitrogen functional groups attached to an aromatic ring is 1. The molecule has 0 aliphatic heterocycles. The monoisotopic (exact) mass is 309 g/mol. The molecule has 0 radical (unpaired) electrons. The molecule has 3 aromatic heterocycles. The first-order valence-corrected chi connectivity index (χ1v) is 6.11. The molecule has 0 aliphatic carbocycles. The van der Waals surface area contributed by atoms with E-state index >= 15 is 0 Å². The first-order valence-electron chi connectivity index (χ1n) is 6.11. The van der Waals surface area contributed by atoms with Crippen LogP contribution in [0.1, 0.15) is 5.56 Å². The van der Waals surface area contributed by atoms with Crippen molar-refractivity contribution in [1.82, 2.24) is 19.6 Å². The zero-order valence-electron chi connectivity index (χ0n) is 11.3. The molecule has 0 spiro atoms. The number of fused-ring (bicyclic) bond motifs is 1. The molecule has 0 aliphatic rings. The smallest absolute Gasteiger partial charge is 0.418 e. The van der Waals surface area contributed by atoms with E-state index in [4.69, 9.17) is 10.5 Å². The van der Waals surface area contributed by atoms with E-state index in [0.717, 1.165) is 16.9 Å². The quantitative estimate of drug-likeness (QED) is 0.786. The highest BCUT2D eigenvalue weighted by Gasteiger charge is 2.36. The van der Waals surface area contributed by atoms with E-state index in [9.17, 15) is 13.2 Å². The predicted octanol–water partition coefficient (Wildman–Crippen LogP) is 2.40. The van der Waals surface area contributed by atoms with E-state index in [-0.39, 0.29) is 17.0 Å². The number of rotatable bonds is 2. The number of hydrogen-bond acceptors (Lipinski definition) is 5. The van der Waals surface area contributed by atoms with Gasteiger partial charge in [0.2, 0.25) is 5.88 Å². The van der Waals surface area contributed by atoms with E-state index in [1.165, 1.54) is 13.3 Å². The van der Waals surface area contributed by atoms with E-state index in [1.54, 1.807) is 12.1 Å². The number of alkyl halides is 3. The normalized spacial score (nSPS) is 11.8. The molecule has 0 atom stereocenters. The lowest BCUT2D eigenvalue weighted by molar-refractivity contribution is -0.136. The van der Waals surface area contributed by atoms with Gasteiger partial charge in [-0.2, -0.15) is 18.3 Å². The van der Waals surface area contributed by atoms with E-state index in [2.05, 4.69) is 15.1 Å². The second-order valence-corrected chi connectivity index (χ2v) is 4.44. The average molecular weight is 309 g/mol. The molecule has 3 rings (SSSR count). The number of ether oxygens (including phenoxy) is 1. The third-order valence-corrected chi connectivity index (χ3v) is 3.13. The Morgan fingerprint density at radius 3 is 2.59 bits per heavy atom. The number of aromatic nitrogens is 4. The molecule has 0 fully saturated rings. The van der Waals surface area contributed by atoms with Gasteiger partial charge in [-0.05, 0) is 12.1 Å². The van der Waals surface area contributed by atoms with Crippen molar-refractivity contribution in [3.63, 3.8) is 0 Å². The first-order chi connectivity index (χ1) is 10.4. The largest absolute Gasteiger partial charge is 0.481 e. The van der Waals surface area contributed by atoms with Crippen LogP contribution in [0.25, 0.3) is 16.8 Å². The summed E-state index contributed by atoms with van der Waals surface area (Å²) >= 11 is 0. The minimum atomic E-state index is -4.57. The molecule has 0 amide bonds. The lowest BCUT2D eigenvalue weighted by Crippen LogP contribution is -2.07. The van der Waals surface area contributed by atoms with Crippen LogP contribution in [0.4, 0.5) is 19.0 Å². The van der Waals surface area contributed by atoms with Gasteiger partial charge in [0, 0.05) is 17.8 Å². The maximum Gasteiger partial charge on any atom is 0.418 e. The van der Waals surface area contributed by atoms with Crippen molar-refractivity contribution in [2.45, 2.75) is 6.18 Å². The zero-order valence-corrected chi connectivity index (χ0v) is 11.3. The Hall–Kier alpha value is -2.84. The molecule has 22 heavy (non-hydrogen) atoms. The molecule has 3 aromatic rings. The van der Waals surface area contributed by atoms with Crippen molar-refractivity contribution in [3.8, 4) is 17.1 Å².